The summed E-state index contributed by atoms with van der Waals surface area (Å²) in [7, 11) is 3.12. The van der Waals surface area contributed by atoms with E-state index in [-0.39, 0.29) is 24.0 Å². The van der Waals surface area contributed by atoms with Gasteiger partial charge in [0.15, 0.2) is 16.6 Å². The highest BCUT2D eigenvalue weighted by molar-refractivity contribution is 7.80. The highest BCUT2D eigenvalue weighted by Gasteiger charge is 2.22. The van der Waals surface area contributed by atoms with Crippen LogP contribution in [0.1, 0.15) is 18.4 Å². The summed E-state index contributed by atoms with van der Waals surface area (Å²) in [5.41, 5.74) is 1.66. The number of H-pyrrole nitrogens is 1. The second-order valence-corrected chi connectivity index (χ2v) is 8.26. The molecule has 1 atom stereocenters. The zero-order valence-corrected chi connectivity index (χ0v) is 19.3. The number of hydrogen-bond donors (Lipinski definition) is 2. The van der Waals surface area contributed by atoms with Gasteiger partial charge >= 0.3 is 0 Å². The number of fused-ring (bicyclic) bond motifs is 1. The molecular formula is C24H26FN3O4S. The molecule has 0 radical (unpaired) electrons. The van der Waals surface area contributed by atoms with E-state index in [2.05, 4.69) is 10.3 Å². The van der Waals surface area contributed by atoms with Gasteiger partial charge in [-0.15, -0.1) is 0 Å². The van der Waals surface area contributed by atoms with E-state index in [9.17, 15) is 9.18 Å². The number of pyridine rings is 1. The molecule has 33 heavy (non-hydrogen) atoms. The summed E-state index contributed by atoms with van der Waals surface area (Å²) in [5.74, 6) is 0.795. The molecule has 174 valence electrons. The normalized spacial score (nSPS) is 15.4. The summed E-state index contributed by atoms with van der Waals surface area (Å²) in [5, 5.41) is 4.39. The average Bonchev–Trinajstić information content (AvgIpc) is 3.33. The van der Waals surface area contributed by atoms with Crippen LogP contribution < -0.4 is 20.3 Å². The van der Waals surface area contributed by atoms with Crippen molar-refractivity contribution in [2.75, 3.05) is 32.7 Å². The second-order valence-electron chi connectivity index (χ2n) is 7.87. The van der Waals surface area contributed by atoms with Gasteiger partial charge in [0.25, 0.3) is 5.56 Å². The Morgan fingerprint density at radius 2 is 1.94 bits per heavy atom. The van der Waals surface area contributed by atoms with E-state index < -0.39 is 0 Å². The molecule has 0 unspecified atom stereocenters. The SMILES string of the molecule is COc1cc2cc(CN(C[C@@H]3CCCO3)C(=S)Nc3ccc(F)cc3)c(=O)[nH]c2cc1OC. The van der Waals surface area contributed by atoms with Gasteiger partial charge < -0.3 is 29.4 Å². The van der Waals surface area contributed by atoms with Crippen molar-refractivity contribution in [3.63, 3.8) is 0 Å². The molecule has 2 aromatic carbocycles. The number of hydrogen-bond acceptors (Lipinski definition) is 5. The van der Waals surface area contributed by atoms with Crippen LogP contribution in [-0.4, -0.2) is 48.5 Å². The van der Waals surface area contributed by atoms with Crippen molar-refractivity contribution in [1.82, 2.24) is 9.88 Å². The number of ether oxygens (including phenoxy) is 3. The molecular weight excluding hydrogens is 445 g/mol. The minimum absolute atomic E-state index is 0.0295. The minimum atomic E-state index is -0.322. The number of benzene rings is 2. The summed E-state index contributed by atoms with van der Waals surface area (Å²) in [6, 6.07) is 11.4. The molecule has 1 saturated heterocycles. The van der Waals surface area contributed by atoms with E-state index >= 15 is 0 Å². The molecule has 9 heteroatoms. The highest BCUT2D eigenvalue weighted by atomic mass is 32.1. The Balaban J connectivity index is 1.62. The number of aromatic nitrogens is 1. The summed E-state index contributed by atoms with van der Waals surface area (Å²) in [6.45, 7) is 1.54. The lowest BCUT2D eigenvalue weighted by atomic mass is 10.1. The van der Waals surface area contributed by atoms with Crippen LogP contribution in [0.15, 0.2) is 47.3 Å². The first-order valence-electron chi connectivity index (χ1n) is 10.7. The molecule has 1 aliphatic heterocycles. The minimum Gasteiger partial charge on any atom is -0.493 e. The summed E-state index contributed by atoms with van der Waals surface area (Å²) in [4.78, 5) is 17.7. The number of aromatic amines is 1. The van der Waals surface area contributed by atoms with Crippen LogP contribution in [0.3, 0.4) is 0 Å². The van der Waals surface area contributed by atoms with Crippen molar-refractivity contribution in [3.8, 4) is 11.5 Å². The Hall–Kier alpha value is -3.17. The topological polar surface area (TPSA) is 75.8 Å². The third kappa shape index (κ3) is 5.43. The van der Waals surface area contributed by atoms with Gasteiger partial charge in [-0.1, -0.05) is 0 Å². The fourth-order valence-electron chi connectivity index (χ4n) is 3.89. The molecule has 0 amide bonds. The number of methoxy groups -OCH3 is 2. The average molecular weight is 472 g/mol. The summed E-state index contributed by atoms with van der Waals surface area (Å²) >= 11 is 5.65. The maximum Gasteiger partial charge on any atom is 0.253 e. The van der Waals surface area contributed by atoms with Gasteiger partial charge in [-0.2, -0.15) is 0 Å². The van der Waals surface area contributed by atoms with E-state index in [1.54, 1.807) is 32.4 Å². The van der Waals surface area contributed by atoms with E-state index in [1.807, 2.05) is 17.0 Å². The third-order valence-electron chi connectivity index (χ3n) is 5.62. The third-order valence-corrected chi connectivity index (χ3v) is 5.98. The van der Waals surface area contributed by atoms with Gasteiger partial charge in [-0.25, -0.2) is 4.39 Å². The molecule has 0 spiro atoms. The number of halogens is 1. The zero-order valence-electron chi connectivity index (χ0n) is 18.5. The van der Waals surface area contributed by atoms with Crippen molar-refractivity contribution in [1.29, 1.82) is 0 Å². The predicted molar refractivity (Wildman–Crippen MR) is 130 cm³/mol. The molecule has 1 aliphatic rings. The van der Waals surface area contributed by atoms with Crippen LogP contribution in [0.25, 0.3) is 10.9 Å². The number of anilines is 1. The van der Waals surface area contributed by atoms with Gasteiger partial charge in [0.2, 0.25) is 0 Å². The maximum atomic E-state index is 13.3. The van der Waals surface area contributed by atoms with Crippen LogP contribution in [-0.2, 0) is 11.3 Å². The molecule has 1 aromatic heterocycles. The lowest BCUT2D eigenvalue weighted by molar-refractivity contribution is 0.0904. The van der Waals surface area contributed by atoms with E-state index in [0.29, 0.717) is 39.9 Å². The standard InChI is InChI=1S/C24H26FN3O4S/c1-30-21-11-15-10-16(23(29)27-20(15)12-22(21)31-2)13-28(14-19-4-3-9-32-19)24(33)26-18-7-5-17(25)6-8-18/h5-8,10-12,19H,3-4,9,13-14H2,1-2H3,(H,26,33)(H,27,29)/t19-/m0/s1. The van der Waals surface area contributed by atoms with Crippen LogP contribution in [0.5, 0.6) is 11.5 Å². The van der Waals surface area contributed by atoms with Crippen molar-refractivity contribution < 1.29 is 18.6 Å². The number of rotatable bonds is 7. The number of nitrogens with zero attached hydrogens (tertiary/aromatic N) is 1. The second kappa shape index (κ2) is 10.2. The molecule has 1 fully saturated rings. The fourth-order valence-corrected chi connectivity index (χ4v) is 4.15. The molecule has 0 saturated carbocycles. The molecule has 2 heterocycles. The van der Waals surface area contributed by atoms with Gasteiger partial charge in [0, 0.05) is 35.9 Å². The van der Waals surface area contributed by atoms with E-state index in [0.717, 1.165) is 24.8 Å². The van der Waals surface area contributed by atoms with Gasteiger partial charge in [-0.3, -0.25) is 4.79 Å². The summed E-state index contributed by atoms with van der Waals surface area (Å²) in [6.07, 6.45) is 1.96. The van der Waals surface area contributed by atoms with Gasteiger partial charge in [0.05, 0.1) is 32.4 Å². The smallest absolute Gasteiger partial charge is 0.253 e. The van der Waals surface area contributed by atoms with Crippen LogP contribution >= 0.6 is 12.2 Å². The first kappa shape index (κ1) is 23.0. The molecule has 0 bridgehead atoms. The maximum absolute atomic E-state index is 13.3. The Bertz CT molecular complexity index is 1190. The van der Waals surface area contributed by atoms with Crippen molar-refractivity contribution >= 4 is 33.9 Å². The van der Waals surface area contributed by atoms with Crippen LogP contribution in [0.2, 0.25) is 0 Å². The van der Waals surface area contributed by atoms with Crippen LogP contribution in [0, 0.1) is 5.82 Å². The Morgan fingerprint density at radius 1 is 1.21 bits per heavy atom. The Kier molecular flexibility index (Phi) is 7.10. The molecule has 7 nitrogen and oxygen atoms in total. The van der Waals surface area contributed by atoms with Crippen molar-refractivity contribution in [2.45, 2.75) is 25.5 Å². The number of nitrogens with one attached hydrogen (secondary N) is 2. The molecule has 0 aliphatic carbocycles. The predicted octanol–water partition coefficient (Wildman–Crippen LogP) is 4.06. The first-order chi connectivity index (χ1) is 16.0. The lowest BCUT2D eigenvalue weighted by Crippen LogP contribution is -2.40. The largest absolute Gasteiger partial charge is 0.493 e. The Labute approximate surface area is 196 Å². The van der Waals surface area contributed by atoms with Gasteiger partial charge in [-0.05, 0) is 61.5 Å². The van der Waals surface area contributed by atoms with E-state index in [4.69, 9.17) is 26.4 Å². The van der Waals surface area contributed by atoms with Crippen LogP contribution in [0.4, 0.5) is 10.1 Å². The quantitative estimate of drug-likeness (QED) is 0.503. The Morgan fingerprint density at radius 3 is 2.61 bits per heavy atom. The zero-order chi connectivity index (χ0) is 23.4. The lowest BCUT2D eigenvalue weighted by Gasteiger charge is -2.28. The monoisotopic (exact) mass is 471 g/mol. The summed E-state index contributed by atoms with van der Waals surface area (Å²) < 4.78 is 29.8. The molecule has 3 aromatic rings. The first-order valence-corrected chi connectivity index (χ1v) is 11.1. The molecule has 2 N–H and O–H groups in total. The van der Waals surface area contributed by atoms with Crippen molar-refractivity contribution in [3.05, 3.63) is 64.2 Å². The van der Waals surface area contributed by atoms with Gasteiger partial charge in [0.1, 0.15) is 5.82 Å². The van der Waals surface area contributed by atoms with Crippen molar-refractivity contribution in [2.24, 2.45) is 0 Å². The molecule has 4 rings (SSSR count). The fraction of sp³-hybridized carbons (Fsp3) is 0.333. The van der Waals surface area contributed by atoms with E-state index in [1.165, 1.54) is 12.1 Å². The number of thiocarbonyl (C=S) groups is 1. The highest BCUT2D eigenvalue weighted by Crippen LogP contribution is 2.31.